The summed E-state index contributed by atoms with van der Waals surface area (Å²) < 4.78 is 0.867. The SMILES string of the molecule is OC(CSc1cccc(Cl)c1)c1cncc(Br)c1. The second-order valence-corrected chi connectivity index (χ2v) is 6.17. The molecular formula is C13H11BrClNOS. The Morgan fingerprint density at radius 1 is 1.33 bits per heavy atom. The highest BCUT2D eigenvalue weighted by Crippen LogP contribution is 2.27. The van der Waals surface area contributed by atoms with Crippen molar-refractivity contribution in [3.05, 3.63) is 57.8 Å². The zero-order valence-corrected chi connectivity index (χ0v) is 12.5. The lowest BCUT2D eigenvalue weighted by Crippen LogP contribution is -2.01. The van der Waals surface area contributed by atoms with Gasteiger partial charge in [0.2, 0.25) is 0 Å². The van der Waals surface area contributed by atoms with E-state index < -0.39 is 6.10 Å². The van der Waals surface area contributed by atoms with Gasteiger partial charge in [0.25, 0.3) is 0 Å². The number of halogens is 2. The number of nitrogens with zero attached hydrogens (tertiary/aromatic N) is 1. The highest BCUT2D eigenvalue weighted by Gasteiger charge is 2.09. The van der Waals surface area contributed by atoms with E-state index in [1.54, 1.807) is 24.2 Å². The van der Waals surface area contributed by atoms with Crippen molar-refractivity contribution in [2.75, 3.05) is 5.75 Å². The molecule has 1 N–H and O–H groups in total. The highest BCUT2D eigenvalue weighted by molar-refractivity contribution is 9.10. The predicted molar refractivity (Wildman–Crippen MR) is 79.1 cm³/mol. The Balaban J connectivity index is 1.98. The van der Waals surface area contributed by atoms with Gasteiger partial charge in [-0.2, -0.15) is 0 Å². The van der Waals surface area contributed by atoms with Crippen molar-refractivity contribution in [3.63, 3.8) is 0 Å². The van der Waals surface area contributed by atoms with Crippen LogP contribution in [-0.2, 0) is 0 Å². The molecule has 0 bridgehead atoms. The third kappa shape index (κ3) is 3.99. The molecule has 0 amide bonds. The van der Waals surface area contributed by atoms with E-state index in [9.17, 15) is 5.11 Å². The quantitative estimate of drug-likeness (QED) is 0.838. The molecule has 18 heavy (non-hydrogen) atoms. The Morgan fingerprint density at radius 3 is 2.89 bits per heavy atom. The summed E-state index contributed by atoms with van der Waals surface area (Å²) in [6, 6.07) is 9.47. The lowest BCUT2D eigenvalue weighted by atomic mass is 10.2. The molecule has 1 heterocycles. The molecule has 2 rings (SSSR count). The van der Waals surface area contributed by atoms with E-state index in [4.69, 9.17) is 11.6 Å². The summed E-state index contributed by atoms with van der Waals surface area (Å²) in [6.07, 6.45) is 2.83. The average molecular weight is 345 g/mol. The van der Waals surface area contributed by atoms with Crippen LogP contribution in [0.1, 0.15) is 11.7 Å². The number of thioether (sulfide) groups is 1. The van der Waals surface area contributed by atoms with Crippen LogP contribution in [0, 0.1) is 0 Å². The van der Waals surface area contributed by atoms with Crippen LogP contribution < -0.4 is 0 Å². The van der Waals surface area contributed by atoms with Crippen molar-refractivity contribution in [1.82, 2.24) is 4.98 Å². The molecule has 2 nitrogen and oxygen atoms in total. The molecule has 94 valence electrons. The molecule has 5 heteroatoms. The van der Waals surface area contributed by atoms with Crippen LogP contribution in [0.4, 0.5) is 0 Å². The zero-order chi connectivity index (χ0) is 13.0. The van der Waals surface area contributed by atoms with Gasteiger partial charge in [0.15, 0.2) is 0 Å². The average Bonchev–Trinajstić information content (AvgIpc) is 2.36. The normalized spacial score (nSPS) is 12.4. The van der Waals surface area contributed by atoms with Gasteiger partial charge in [0.05, 0.1) is 6.10 Å². The van der Waals surface area contributed by atoms with E-state index in [2.05, 4.69) is 20.9 Å². The monoisotopic (exact) mass is 343 g/mol. The van der Waals surface area contributed by atoms with Crippen molar-refractivity contribution in [3.8, 4) is 0 Å². The Labute approximate surface area is 124 Å². The van der Waals surface area contributed by atoms with E-state index in [1.807, 2.05) is 30.3 Å². The Bertz CT molecular complexity index is 538. The number of benzene rings is 1. The molecule has 1 aromatic carbocycles. The first-order valence-electron chi connectivity index (χ1n) is 5.32. The molecule has 0 spiro atoms. The van der Waals surface area contributed by atoms with Gasteiger partial charge < -0.3 is 5.11 Å². The molecule has 2 aromatic rings. The van der Waals surface area contributed by atoms with E-state index >= 15 is 0 Å². The molecule has 0 aliphatic carbocycles. The molecule has 1 atom stereocenters. The molecule has 0 aliphatic rings. The fourth-order valence-electron chi connectivity index (χ4n) is 1.44. The molecule has 1 unspecified atom stereocenters. The smallest absolute Gasteiger partial charge is 0.0899 e. The maximum Gasteiger partial charge on any atom is 0.0899 e. The Kier molecular flexibility index (Phi) is 5.06. The van der Waals surface area contributed by atoms with Crippen LogP contribution in [0.5, 0.6) is 0 Å². The van der Waals surface area contributed by atoms with Crippen molar-refractivity contribution >= 4 is 39.3 Å². The number of hydrogen-bond donors (Lipinski definition) is 1. The van der Waals surface area contributed by atoms with Crippen LogP contribution >= 0.6 is 39.3 Å². The van der Waals surface area contributed by atoms with Crippen LogP contribution in [-0.4, -0.2) is 15.8 Å². The standard InChI is InChI=1S/C13H11BrClNOS/c14-10-4-9(6-16-7-10)13(17)8-18-12-3-1-2-11(15)5-12/h1-7,13,17H,8H2. The minimum Gasteiger partial charge on any atom is -0.387 e. The lowest BCUT2D eigenvalue weighted by Gasteiger charge is -2.10. The number of hydrogen-bond acceptors (Lipinski definition) is 3. The molecule has 0 fully saturated rings. The largest absolute Gasteiger partial charge is 0.387 e. The van der Waals surface area contributed by atoms with Crippen LogP contribution in [0.2, 0.25) is 5.02 Å². The van der Waals surface area contributed by atoms with Crippen molar-refractivity contribution in [1.29, 1.82) is 0 Å². The maximum atomic E-state index is 10.1. The maximum absolute atomic E-state index is 10.1. The minimum atomic E-state index is -0.543. The summed E-state index contributed by atoms with van der Waals surface area (Å²) >= 11 is 10.8. The van der Waals surface area contributed by atoms with Gasteiger partial charge in [-0.3, -0.25) is 4.98 Å². The number of aliphatic hydroxyl groups is 1. The van der Waals surface area contributed by atoms with Crippen molar-refractivity contribution in [2.45, 2.75) is 11.0 Å². The highest BCUT2D eigenvalue weighted by atomic mass is 79.9. The molecule has 1 aromatic heterocycles. The van der Waals surface area contributed by atoms with E-state index in [-0.39, 0.29) is 0 Å². The first kappa shape index (κ1) is 13.9. The minimum absolute atomic E-state index is 0.543. The summed E-state index contributed by atoms with van der Waals surface area (Å²) in [6.45, 7) is 0. The molecule has 0 aliphatic heterocycles. The van der Waals surface area contributed by atoms with Gasteiger partial charge in [0.1, 0.15) is 0 Å². The van der Waals surface area contributed by atoms with E-state index in [0.29, 0.717) is 10.8 Å². The van der Waals surface area contributed by atoms with Crippen molar-refractivity contribution < 1.29 is 5.11 Å². The molecule has 0 saturated carbocycles. The van der Waals surface area contributed by atoms with E-state index in [1.165, 1.54) is 0 Å². The van der Waals surface area contributed by atoms with Crippen LogP contribution in [0.25, 0.3) is 0 Å². The predicted octanol–water partition coefficient (Wildman–Crippen LogP) is 4.32. The van der Waals surface area contributed by atoms with Crippen molar-refractivity contribution in [2.24, 2.45) is 0 Å². The number of rotatable bonds is 4. The second-order valence-electron chi connectivity index (χ2n) is 3.72. The van der Waals surface area contributed by atoms with Gasteiger partial charge in [-0.15, -0.1) is 11.8 Å². The van der Waals surface area contributed by atoms with Gasteiger partial charge >= 0.3 is 0 Å². The fraction of sp³-hybridized carbons (Fsp3) is 0.154. The zero-order valence-electron chi connectivity index (χ0n) is 9.38. The van der Waals surface area contributed by atoms with Gasteiger partial charge in [0, 0.05) is 38.1 Å². The summed E-state index contributed by atoms with van der Waals surface area (Å²) in [5, 5.41) is 10.8. The van der Waals surface area contributed by atoms with Gasteiger partial charge in [-0.05, 0) is 40.2 Å². The summed E-state index contributed by atoms with van der Waals surface area (Å²) in [5.74, 6) is 0.568. The molecule has 0 radical (unpaired) electrons. The van der Waals surface area contributed by atoms with Gasteiger partial charge in [-0.25, -0.2) is 0 Å². The summed E-state index contributed by atoms with van der Waals surface area (Å²) in [7, 11) is 0. The first-order valence-corrected chi connectivity index (χ1v) is 7.47. The Hall–Kier alpha value is -0.550. The first-order chi connectivity index (χ1) is 8.65. The number of pyridine rings is 1. The van der Waals surface area contributed by atoms with Gasteiger partial charge in [-0.1, -0.05) is 17.7 Å². The second kappa shape index (κ2) is 6.57. The fourth-order valence-corrected chi connectivity index (χ4v) is 3.00. The molecule has 0 saturated heterocycles. The number of aromatic nitrogens is 1. The van der Waals surface area contributed by atoms with E-state index in [0.717, 1.165) is 14.9 Å². The number of aliphatic hydroxyl groups excluding tert-OH is 1. The topological polar surface area (TPSA) is 33.1 Å². The summed E-state index contributed by atoms with van der Waals surface area (Å²) in [5.41, 5.74) is 0.805. The lowest BCUT2D eigenvalue weighted by molar-refractivity contribution is 0.203. The molecular weight excluding hydrogens is 334 g/mol. The van der Waals surface area contributed by atoms with Crippen LogP contribution in [0.3, 0.4) is 0 Å². The Morgan fingerprint density at radius 2 is 2.17 bits per heavy atom. The third-order valence-corrected chi connectivity index (χ3v) is 4.05. The van der Waals surface area contributed by atoms with Crippen LogP contribution in [0.15, 0.2) is 52.1 Å². The summed E-state index contributed by atoms with van der Waals surface area (Å²) in [4.78, 5) is 5.08. The third-order valence-electron chi connectivity index (χ3n) is 2.31.